The van der Waals surface area contributed by atoms with Crippen LogP contribution in [0.2, 0.25) is 0 Å². The minimum absolute atomic E-state index is 0.176. The predicted octanol–water partition coefficient (Wildman–Crippen LogP) is 4.24. The number of hydrogen-bond donors (Lipinski definition) is 1. The Hall–Kier alpha value is -0.220. The van der Waals surface area contributed by atoms with Gasteiger partial charge in [0.2, 0.25) is 0 Å². The summed E-state index contributed by atoms with van der Waals surface area (Å²) in [5.74, 6) is 1.12. The molecule has 0 bridgehead atoms. The number of nitrogens with one attached hydrogen (secondary N) is 1. The minimum atomic E-state index is 0.176. The van der Waals surface area contributed by atoms with E-state index in [2.05, 4.69) is 57.1 Å². The summed E-state index contributed by atoms with van der Waals surface area (Å²) in [4.78, 5) is 0. The zero-order valence-corrected chi connectivity index (χ0v) is 13.8. The number of benzene rings is 1. The van der Waals surface area contributed by atoms with E-state index in [0.717, 1.165) is 30.5 Å². The van der Waals surface area contributed by atoms with Crippen LogP contribution >= 0.6 is 31.9 Å². The van der Waals surface area contributed by atoms with Crippen LogP contribution in [0.25, 0.3) is 0 Å². The molecule has 1 N–H and O–H groups in total. The highest BCUT2D eigenvalue weighted by Crippen LogP contribution is 2.50. The zero-order valence-electron chi connectivity index (χ0n) is 10.6. The monoisotopic (exact) mass is 373 g/mol. The molecule has 0 fully saturated rings. The molecule has 4 heteroatoms. The summed E-state index contributed by atoms with van der Waals surface area (Å²) in [6.45, 7) is 5.65. The Bertz CT molecular complexity index is 499. The lowest BCUT2D eigenvalue weighted by molar-refractivity contribution is 0.253. The number of rotatable bonds is 1. The predicted molar refractivity (Wildman–Crippen MR) is 82.2 cm³/mol. The van der Waals surface area contributed by atoms with Gasteiger partial charge in [0, 0.05) is 28.3 Å². The van der Waals surface area contributed by atoms with Gasteiger partial charge in [-0.25, -0.2) is 0 Å². The van der Waals surface area contributed by atoms with E-state index >= 15 is 0 Å². The standard InChI is InChI=1S/C14H17Br2NO/c1-14(2)3-4-17-12-10(16)6-8-5-9(7-15)18-13(8)11(12)14/h6,9,17H,3-5,7H2,1-2H3. The Morgan fingerprint density at radius 1 is 1.50 bits per heavy atom. The summed E-state index contributed by atoms with van der Waals surface area (Å²) < 4.78 is 7.31. The highest BCUT2D eigenvalue weighted by atomic mass is 79.9. The number of hydrogen-bond acceptors (Lipinski definition) is 2. The molecule has 2 aliphatic heterocycles. The molecule has 2 heterocycles. The van der Waals surface area contributed by atoms with E-state index in [4.69, 9.17) is 4.74 Å². The Kier molecular flexibility index (Phi) is 3.14. The van der Waals surface area contributed by atoms with Crippen molar-refractivity contribution in [1.82, 2.24) is 0 Å². The largest absolute Gasteiger partial charge is 0.489 e. The third-order valence-corrected chi connectivity index (χ3v) is 5.29. The topological polar surface area (TPSA) is 21.3 Å². The van der Waals surface area contributed by atoms with Crippen LogP contribution < -0.4 is 10.1 Å². The van der Waals surface area contributed by atoms with E-state index in [1.165, 1.54) is 21.3 Å². The molecule has 0 saturated heterocycles. The van der Waals surface area contributed by atoms with Crippen LogP contribution in [-0.4, -0.2) is 18.0 Å². The molecule has 0 spiro atoms. The van der Waals surface area contributed by atoms with Crippen LogP contribution in [-0.2, 0) is 11.8 Å². The maximum atomic E-state index is 6.14. The molecule has 0 radical (unpaired) electrons. The van der Waals surface area contributed by atoms with Crippen molar-refractivity contribution in [3.63, 3.8) is 0 Å². The first kappa shape index (κ1) is 12.8. The van der Waals surface area contributed by atoms with E-state index in [1.807, 2.05) is 0 Å². The number of ether oxygens (including phenoxy) is 1. The van der Waals surface area contributed by atoms with Gasteiger partial charge in [-0.1, -0.05) is 29.8 Å². The average molecular weight is 375 g/mol. The second-order valence-corrected chi connectivity index (χ2v) is 7.26. The lowest BCUT2D eigenvalue weighted by atomic mass is 9.77. The normalized spacial score (nSPS) is 23.9. The second-order valence-electron chi connectivity index (χ2n) is 5.76. The molecule has 0 saturated carbocycles. The molecule has 0 amide bonds. The van der Waals surface area contributed by atoms with Gasteiger partial charge in [-0.3, -0.25) is 0 Å². The molecule has 1 aromatic rings. The molecule has 3 rings (SSSR count). The number of halogens is 2. The van der Waals surface area contributed by atoms with E-state index in [-0.39, 0.29) is 11.5 Å². The van der Waals surface area contributed by atoms with Gasteiger partial charge >= 0.3 is 0 Å². The molecular weight excluding hydrogens is 358 g/mol. The van der Waals surface area contributed by atoms with Crippen molar-refractivity contribution < 1.29 is 4.74 Å². The lowest BCUT2D eigenvalue weighted by Crippen LogP contribution is -2.29. The molecule has 2 aliphatic rings. The van der Waals surface area contributed by atoms with Crippen LogP contribution in [0, 0.1) is 0 Å². The summed E-state index contributed by atoms with van der Waals surface area (Å²) in [5, 5.41) is 4.40. The minimum Gasteiger partial charge on any atom is -0.489 e. The summed E-state index contributed by atoms with van der Waals surface area (Å²) in [6.07, 6.45) is 2.42. The van der Waals surface area contributed by atoms with E-state index < -0.39 is 0 Å². The van der Waals surface area contributed by atoms with Gasteiger partial charge in [-0.2, -0.15) is 0 Å². The van der Waals surface area contributed by atoms with Crippen LogP contribution in [0.1, 0.15) is 31.4 Å². The fourth-order valence-corrected chi connectivity index (χ4v) is 3.93. The summed E-state index contributed by atoms with van der Waals surface area (Å²) in [6, 6.07) is 2.21. The molecule has 2 nitrogen and oxygen atoms in total. The van der Waals surface area contributed by atoms with E-state index in [9.17, 15) is 0 Å². The highest BCUT2D eigenvalue weighted by Gasteiger charge is 2.37. The molecule has 0 aliphatic carbocycles. The smallest absolute Gasteiger partial charge is 0.128 e. The Morgan fingerprint density at radius 3 is 3.00 bits per heavy atom. The van der Waals surface area contributed by atoms with Gasteiger partial charge in [0.1, 0.15) is 11.9 Å². The van der Waals surface area contributed by atoms with Crippen molar-refractivity contribution in [3.8, 4) is 5.75 Å². The van der Waals surface area contributed by atoms with Gasteiger partial charge < -0.3 is 10.1 Å². The maximum absolute atomic E-state index is 6.14. The first-order valence-corrected chi connectivity index (χ1v) is 8.27. The summed E-state index contributed by atoms with van der Waals surface area (Å²) in [5.41, 5.74) is 4.08. The van der Waals surface area contributed by atoms with Crippen LogP contribution in [0.4, 0.5) is 5.69 Å². The maximum Gasteiger partial charge on any atom is 0.128 e. The second kappa shape index (κ2) is 4.41. The fourth-order valence-electron chi connectivity index (χ4n) is 2.95. The van der Waals surface area contributed by atoms with Crippen molar-refractivity contribution in [2.45, 2.75) is 38.2 Å². The molecule has 1 aromatic carbocycles. The first-order valence-electron chi connectivity index (χ1n) is 6.35. The number of anilines is 1. The quantitative estimate of drug-likeness (QED) is 0.742. The van der Waals surface area contributed by atoms with Crippen molar-refractivity contribution in [2.24, 2.45) is 0 Å². The third-order valence-electron chi connectivity index (χ3n) is 3.94. The van der Waals surface area contributed by atoms with Crippen molar-refractivity contribution in [3.05, 3.63) is 21.7 Å². The van der Waals surface area contributed by atoms with Crippen molar-refractivity contribution in [2.75, 3.05) is 17.2 Å². The zero-order chi connectivity index (χ0) is 12.9. The molecule has 18 heavy (non-hydrogen) atoms. The van der Waals surface area contributed by atoms with Crippen LogP contribution in [0.5, 0.6) is 5.75 Å². The Labute approximate surface area is 125 Å². The molecular formula is C14H17Br2NO. The SMILES string of the molecule is CC1(C)CCNc2c(Br)cc3c(c21)OC(CBr)C3. The summed E-state index contributed by atoms with van der Waals surface area (Å²) in [7, 11) is 0. The van der Waals surface area contributed by atoms with Crippen molar-refractivity contribution >= 4 is 37.5 Å². The lowest BCUT2D eigenvalue weighted by Gasteiger charge is -2.35. The summed E-state index contributed by atoms with van der Waals surface area (Å²) >= 11 is 7.23. The average Bonchev–Trinajstić information content (AvgIpc) is 2.71. The van der Waals surface area contributed by atoms with Crippen molar-refractivity contribution in [1.29, 1.82) is 0 Å². The first-order chi connectivity index (χ1) is 8.53. The van der Waals surface area contributed by atoms with Gasteiger partial charge in [0.25, 0.3) is 0 Å². The fraction of sp³-hybridized carbons (Fsp3) is 0.571. The van der Waals surface area contributed by atoms with Gasteiger partial charge in [-0.15, -0.1) is 0 Å². The number of fused-ring (bicyclic) bond motifs is 3. The van der Waals surface area contributed by atoms with E-state index in [0.29, 0.717) is 0 Å². The van der Waals surface area contributed by atoms with Crippen LogP contribution in [0.3, 0.4) is 0 Å². The molecule has 0 aromatic heterocycles. The molecule has 98 valence electrons. The molecule has 1 unspecified atom stereocenters. The van der Waals surface area contributed by atoms with Gasteiger partial charge in [0.05, 0.1) is 5.69 Å². The van der Waals surface area contributed by atoms with Crippen LogP contribution in [0.15, 0.2) is 10.5 Å². The Morgan fingerprint density at radius 2 is 2.28 bits per heavy atom. The third kappa shape index (κ3) is 1.88. The number of alkyl halides is 1. The van der Waals surface area contributed by atoms with Gasteiger partial charge in [0.15, 0.2) is 0 Å². The van der Waals surface area contributed by atoms with E-state index in [1.54, 1.807) is 0 Å². The molecule has 1 atom stereocenters. The Balaban J connectivity index is 2.19. The highest BCUT2D eigenvalue weighted by molar-refractivity contribution is 9.10. The van der Waals surface area contributed by atoms with Gasteiger partial charge in [-0.05, 0) is 39.4 Å².